The summed E-state index contributed by atoms with van der Waals surface area (Å²) in [7, 11) is 1.69. The minimum atomic E-state index is -0.703. The molecule has 5 heteroatoms. The number of hydrogen-bond acceptors (Lipinski definition) is 5. The summed E-state index contributed by atoms with van der Waals surface area (Å²) in [5.41, 5.74) is 2.76. The number of rotatable bonds is 6. The lowest BCUT2D eigenvalue weighted by molar-refractivity contribution is -0.0648. The maximum absolute atomic E-state index is 11.6. The number of aromatic nitrogens is 2. The number of nitrogens with zero attached hydrogens (tertiary/aromatic N) is 3. The van der Waals surface area contributed by atoms with Crippen molar-refractivity contribution in [2.45, 2.75) is 44.8 Å². The Balaban J connectivity index is 1.44. The summed E-state index contributed by atoms with van der Waals surface area (Å²) in [4.78, 5) is 11.4. The average Bonchev–Trinajstić information content (AvgIpc) is 3.12. The molecule has 28 heavy (non-hydrogen) atoms. The SMILES string of the molecule is COCCc1ncc(CN2C[C@H]3CCC[C@@](O)(c4ccc(C)cc4)[C@H]3C2)cn1. The largest absolute Gasteiger partial charge is 0.385 e. The van der Waals surface area contributed by atoms with Crippen molar-refractivity contribution in [2.75, 3.05) is 26.8 Å². The first kappa shape index (κ1) is 19.5. The molecule has 2 heterocycles. The highest BCUT2D eigenvalue weighted by molar-refractivity contribution is 5.28. The fourth-order valence-corrected chi connectivity index (χ4v) is 4.99. The van der Waals surface area contributed by atoms with E-state index >= 15 is 0 Å². The first-order valence-electron chi connectivity index (χ1n) is 10.4. The highest BCUT2D eigenvalue weighted by atomic mass is 16.5. The minimum absolute atomic E-state index is 0.297. The van der Waals surface area contributed by atoms with Crippen LogP contribution in [0.1, 0.15) is 41.8 Å². The third-order valence-electron chi connectivity index (χ3n) is 6.51. The van der Waals surface area contributed by atoms with Crippen LogP contribution < -0.4 is 0 Å². The molecule has 1 aliphatic carbocycles. The Morgan fingerprint density at radius 1 is 1.18 bits per heavy atom. The van der Waals surface area contributed by atoms with Gasteiger partial charge in [-0.15, -0.1) is 0 Å². The quantitative estimate of drug-likeness (QED) is 0.833. The van der Waals surface area contributed by atoms with Crippen LogP contribution in [0.2, 0.25) is 0 Å². The van der Waals surface area contributed by atoms with Crippen molar-refractivity contribution in [1.82, 2.24) is 14.9 Å². The van der Waals surface area contributed by atoms with Crippen molar-refractivity contribution in [2.24, 2.45) is 11.8 Å². The Labute approximate surface area is 167 Å². The number of likely N-dealkylation sites (tertiary alicyclic amines) is 1. The summed E-state index contributed by atoms with van der Waals surface area (Å²) < 4.78 is 5.09. The van der Waals surface area contributed by atoms with Crippen LogP contribution >= 0.6 is 0 Å². The molecule has 2 aliphatic rings. The summed E-state index contributed by atoms with van der Waals surface area (Å²) in [5, 5.41) is 11.6. The topological polar surface area (TPSA) is 58.5 Å². The third kappa shape index (κ3) is 3.97. The van der Waals surface area contributed by atoms with Gasteiger partial charge < -0.3 is 9.84 Å². The van der Waals surface area contributed by atoms with Gasteiger partial charge in [-0.25, -0.2) is 9.97 Å². The number of methoxy groups -OCH3 is 1. The van der Waals surface area contributed by atoms with E-state index in [1.165, 1.54) is 12.0 Å². The number of aliphatic hydroxyl groups is 1. The molecule has 5 nitrogen and oxygen atoms in total. The van der Waals surface area contributed by atoms with Crippen LogP contribution in [0, 0.1) is 18.8 Å². The molecule has 0 radical (unpaired) electrons. The lowest BCUT2D eigenvalue weighted by Crippen LogP contribution is -2.42. The lowest BCUT2D eigenvalue weighted by atomic mass is 9.67. The Morgan fingerprint density at radius 3 is 2.64 bits per heavy atom. The summed E-state index contributed by atoms with van der Waals surface area (Å²) >= 11 is 0. The number of ether oxygens (including phenoxy) is 1. The van der Waals surface area contributed by atoms with Crippen LogP contribution in [-0.2, 0) is 23.3 Å². The van der Waals surface area contributed by atoms with Gasteiger partial charge in [0.1, 0.15) is 5.82 Å². The number of benzene rings is 1. The Hall–Kier alpha value is -1.82. The number of fused-ring (bicyclic) bond motifs is 1. The second-order valence-electron chi connectivity index (χ2n) is 8.49. The molecule has 1 aromatic carbocycles. The van der Waals surface area contributed by atoms with Gasteiger partial charge in [0.25, 0.3) is 0 Å². The molecule has 0 unspecified atom stereocenters. The predicted octanol–water partition coefficient (Wildman–Crippen LogP) is 3.09. The van der Waals surface area contributed by atoms with Crippen molar-refractivity contribution >= 4 is 0 Å². The Bertz CT molecular complexity index is 777. The standard InChI is InChI=1S/C23H31N3O2/c1-17-5-7-20(8-6-17)23(27)10-3-4-19-15-26(16-21(19)23)14-18-12-24-22(25-13-18)9-11-28-2/h5-8,12-13,19,21,27H,3-4,9-11,14-16H2,1-2H3/t19-,21+,23-/m1/s1. The van der Waals surface area contributed by atoms with Gasteiger partial charge in [-0.3, -0.25) is 4.90 Å². The molecule has 1 saturated carbocycles. The monoisotopic (exact) mass is 381 g/mol. The van der Waals surface area contributed by atoms with Crippen LogP contribution in [0.15, 0.2) is 36.7 Å². The van der Waals surface area contributed by atoms with Crippen molar-refractivity contribution in [3.05, 3.63) is 59.2 Å². The molecule has 1 aliphatic heterocycles. The molecule has 0 spiro atoms. The van der Waals surface area contributed by atoms with Gasteiger partial charge >= 0.3 is 0 Å². The molecule has 1 N–H and O–H groups in total. The second-order valence-corrected chi connectivity index (χ2v) is 8.49. The molecule has 0 amide bonds. The van der Waals surface area contributed by atoms with Gasteiger partial charge in [0.2, 0.25) is 0 Å². The third-order valence-corrected chi connectivity index (χ3v) is 6.51. The van der Waals surface area contributed by atoms with E-state index in [9.17, 15) is 5.11 Å². The highest BCUT2D eigenvalue weighted by Crippen LogP contribution is 2.48. The zero-order valence-corrected chi connectivity index (χ0v) is 17.0. The molecule has 3 atom stereocenters. The molecule has 1 saturated heterocycles. The van der Waals surface area contributed by atoms with Gasteiger partial charge in [0.15, 0.2) is 0 Å². The molecule has 4 rings (SSSR count). The minimum Gasteiger partial charge on any atom is -0.385 e. The summed E-state index contributed by atoms with van der Waals surface area (Å²) in [6, 6.07) is 8.47. The number of aryl methyl sites for hydroxylation is 1. The molecule has 2 aromatic rings. The van der Waals surface area contributed by atoms with Gasteiger partial charge in [0.05, 0.1) is 12.2 Å². The number of hydrogen-bond donors (Lipinski definition) is 1. The molecule has 1 aromatic heterocycles. The van der Waals surface area contributed by atoms with E-state index in [1.54, 1.807) is 7.11 Å². The van der Waals surface area contributed by atoms with E-state index in [0.29, 0.717) is 18.4 Å². The summed E-state index contributed by atoms with van der Waals surface area (Å²) in [6.45, 7) is 5.57. The lowest BCUT2D eigenvalue weighted by Gasteiger charge is -2.41. The van der Waals surface area contributed by atoms with E-state index in [0.717, 1.165) is 55.8 Å². The average molecular weight is 382 g/mol. The first-order chi connectivity index (χ1) is 13.6. The zero-order valence-electron chi connectivity index (χ0n) is 17.0. The molecular weight excluding hydrogens is 350 g/mol. The van der Waals surface area contributed by atoms with Crippen LogP contribution in [-0.4, -0.2) is 46.8 Å². The van der Waals surface area contributed by atoms with E-state index in [4.69, 9.17) is 4.74 Å². The van der Waals surface area contributed by atoms with E-state index in [1.807, 2.05) is 12.4 Å². The van der Waals surface area contributed by atoms with Crippen LogP contribution in [0.3, 0.4) is 0 Å². The fourth-order valence-electron chi connectivity index (χ4n) is 4.99. The maximum Gasteiger partial charge on any atom is 0.130 e. The van der Waals surface area contributed by atoms with Crippen molar-refractivity contribution in [1.29, 1.82) is 0 Å². The summed E-state index contributed by atoms with van der Waals surface area (Å²) in [6.07, 6.45) is 7.79. The van der Waals surface area contributed by atoms with Crippen LogP contribution in [0.25, 0.3) is 0 Å². The first-order valence-corrected chi connectivity index (χ1v) is 10.4. The summed E-state index contributed by atoms with van der Waals surface area (Å²) in [5.74, 6) is 1.68. The normalized spacial score (nSPS) is 27.7. The highest BCUT2D eigenvalue weighted by Gasteiger charge is 2.49. The zero-order chi connectivity index (χ0) is 19.6. The van der Waals surface area contributed by atoms with Gasteiger partial charge in [-0.1, -0.05) is 29.8 Å². The molecule has 150 valence electrons. The van der Waals surface area contributed by atoms with E-state index < -0.39 is 5.60 Å². The van der Waals surface area contributed by atoms with Crippen molar-refractivity contribution in [3.63, 3.8) is 0 Å². The molecular formula is C23H31N3O2. The predicted molar refractivity (Wildman–Crippen MR) is 109 cm³/mol. The second kappa shape index (κ2) is 8.27. The van der Waals surface area contributed by atoms with E-state index in [-0.39, 0.29) is 0 Å². The van der Waals surface area contributed by atoms with Crippen LogP contribution in [0.4, 0.5) is 0 Å². The Morgan fingerprint density at radius 2 is 1.93 bits per heavy atom. The Kier molecular flexibility index (Phi) is 5.76. The molecule has 0 bridgehead atoms. The maximum atomic E-state index is 11.6. The fraction of sp³-hybridized carbons (Fsp3) is 0.565. The van der Waals surface area contributed by atoms with E-state index in [2.05, 4.69) is 46.1 Å². The van der Waals surface area contributed by atoms with Gasteiger partial charge in [-0.2, -0.15) is 0 Å². The molecule has 2 fully saturated rings. The van der Waals surface area contributed by atoms with Gasteiger partial charge in [0, 0.05) is 57.0 Å². The van der Waals surface area contributed by atoms with Crippen molar-refractivity contribution < 1.29 is 9.84 Å². The van der Waals surface area contributed by atoms with Crippen LogP contribution in [0.5, 0.6) is 0 Å². The van der Waals surface area contributed by atoms with Gasteiger partial charge in [-0.05, 0) is 37.7 Å². The smallest absolute Gasteiger partial charge is 0.130 e. The van der Waals surface area contributed by atoms with Crippen molar-refractivity contribution in [3.8, 4) is 0 Å².